The standard InChI is InChI=1S/C11H18N4O.2ClH/c1-8(2)10(12)11(16)15(3)7-9-6-13-4-5-14-9;;/h4-6,8,10H,7,12H2,1-3H3;2*1H/t10-;;/m0../s1. The zero-order valence-corrected chi connectivity index (χ0v) is 12.4. The molecule has 1 rings (SSSR count). The summed E-state index contributed by atoms with van der Waals surface area (Å²) in [6.07, 6.45) is 4.85. The molecule has 1 aromatic heterocycles. The van der Waals surface area contributed by atoms with E-state index in [0.717, 1.165) is 5.69 Å². The molecule has 18 heavy (non-hydrogen) atoms. The fourth-order valence-corrected chi connectivity index (χ4v) is 1.27. The molecule has 104 valence electrons. The minimum absolute atomic E-state index is 0. The van der Waals surface area contributed by atoms with Gasteiger partial charge in [0.2, 0.25) is 5.91 Å². The molecule has 0 fully saturated rings. The molecule has 0 bridgehead atoms. The van der Waals surface area contributed by atoms with Crippen molar-refractivity contribution in [2.24, 2.45) is 11.7 Å². The summed E-state index contributed by atoms with van der Waals surface area (Å²) in [5.74, 6) is 0.0671. The van der Waals surface area contributed by atoms with Gasteiger partial charge in [0.15, 0.2) is 0 Å². The van der Waals surface area contributed by atoms with Crippen LogP contribution in [0.4, 0.5) is 0 Å². The Morgan fingerprint density at radius 2 is 2.00 bits per heavy atom. The van der Waals surface area contributed by atoms with Crippen molar-refractivity contribution in [1.82, 2.24) is 14.9 Å². The molecule has 0 spiro atoms. The summed E-state index contributed by atoms with van der Waals surface area (Å²) in [5.41, 5.74) is 6.55. The Morgan fingerprint density at radius 3 is 2.44 bits per heavy atom. The third kappa shape index (κ3) is 5.62. The SMILES string of the molecule is CC(C)[C@H](N)C(=O)N(C)Cc1cnccn1.Cl.Cl. The molecule has 2 N–H and O–H groups in total. The van der Waals surface area contributed by atoms with E-state index in [0.29, 0.717) is 6.54 Å². The second-order valence-corrected chi connectivity index (χ2v) is 4.16. The molecular weight excluding hydrogens is 275 g/mol. The van der Waals surface area contributed by atoms with Gasteiger partial charge in [-0.2, -0.15) is 0 Å². The molecule has 0 unspecified atom stereocenters. The first-order chi connectivity index (χ1) is 7.52. The molecule has 0 radical (unpaired) electrons. The fourth-order valence-electron chi connectivity index (χ4n) is 1.27. The molecular formula is C11H20Cl2N4O. The summed E-state index contributed by atoms with van der Waals surface area (Å²) in [4.78, 5) is 21.5. The number of halogens is 2. The monoisotopic (exact) mass is 294 g/mol. The summed E-state index contributed by atoms with van der Waals surface area (Å²) in [5, 5.41) is 0. The van der Waals surface area contributed by atoms with E-state index in [4.69, 9.17) is 5.73 Å². The summed E-state index contributed by atoms with van der Waals surface area (Å²) in [6.45, 7) is 4.30. The van der Waals surface area contributed by atoms with Gasteiger partial charge in [-0.05, 0) is 5.92 Å². The number of amides is 1. The Labute approximate surface area is 120 Å². The van der Waals surface area contributed by atoms with Crippen LogP contribution in [0.3, 0.4) is 0 Å². The van der Waals surface area contributed by atoms with Crippen LogP contribution in [0.5, 0.6) is 0 Å². The second kappa shape index (κ2) is 9.08. The number of nitrogens with two attached hydrogens (primary N) is 1. The Hall–Kier alpha value is -0.910. The zero-order valence-electron chi connectivity index (χ0n) is 10.7. The Kier molecular flexibility index (Phi) is 9.80. The van der Waals surface area contributed by atoms with Crippen LogP contribution in [0.25, 0.3) is 0 Å². The summed E-state index contributed by atoms with van der Waals surface area (Å²) in [6, 6.07) is -0.457. The van der Waals surface area contributed by atoms with Crippen LogP contribution in [0.2, 0.25) is 0 Å². The van der Waals surface area contributed by atoms with Gasteiger partial charge in [-0.3, -0.25) is 14.8 Å². The molecule has 0 saturated heterocycles. The van der Waals surface area contributed by atoms with Gasteiger partial charge in [0.25, 0.3) is 0 Å². The molecule has 1 amide bonds. The Bertz CT molecular complexity index is 348. The predicted octanol–water partition coefficient (Wildman–Crippen LogP) is 1.26. The maximum atomic E-state index is 11.8. The van der Waals surface area contributed by atoms with Crippen molar-refractivity contribution in [2.75, 3.05) is 7.05 Å². The number of hydrogen-bond acceptors (Lipinski definition) is 4. The van der Waals surface area contributed by atoms with Crippen LogP contribution < -0.4 is 5.73 Å². The lowest BCUT2D eigenvalue weighted by Gasteiger charge is -2.22. The Morgan fingerprint density at radius 1 is 1.39 bits per heavy atom. The number of likely N-dealkylation sites (N-methyl/N-ethyl adjacent to an activating group) is 1. The summed E-state index contributed by atoms with van der Waals surface area (Å²) >= 11 is 0. The van der Waals surface area contributed by atoms with Crippen molar-refractivity contribution in [2.45, 2.75) is 26.4 Å². The van der Waals surface area contributed by atoms with Gasteiger partial charge in [-0.1, -0.05) is 13.8 Å². The maximum Gasteiger partial charge on any atom is 0.239 e. The first kappa shape index (κ1) is 19.4. The third-order valence-corrected chi connectivity index (χ3v) is 2.40. The number of aromatic nitrogens is 2. The number of carbonyl (C=O) groups excluding carboxylic acids is 1. The average Bonchev–Trinajstić information content (AvgIpc) is 2.28. The molecule has 1 atom stereocenters. The van der Waals surface area contributed by atoms with Gasteiger partial charge in [0.1, 0.15) is 0 Å². The first-order valence-electron chi connectivity index (χ1n) is 5.27. The van der Waals surface area contributed by atoms with E-state index in [1.54, 1.807) is 30.5 Å². The molecule has 0 aliphatic carbocycles. The molecule has 7 heteroatoms. The van der Waals surface area contributed by atoms with Crippen molar-refractivity contribution in [3.8, 4) is 0 Å². The predicted molar refractivity (Wildman–Crippen MR) is 75.8 cm³/mol. The van der Waals surface area contributed by atoms with Crippen LogP contribution in [-0.4, -0.2) is 33.9 Å². The Balaban J connectivity index is 0. The fraction of sp³-hybridized carbons (Fsp3) is 0.545. The summed E-state index contributed by atoms with van der Waals surface area (Å²) in [7, 11) is 1.72. The van der Waals surface area contributed by atoms with E-state index in [9.17, 15) is 4.79 Å². The lowest BCUT2D eigenvalue weighted by molar-refractivity contribution is -0.132. The number of hydrogen-bond donors (Lipinski definition) is 1. The van der Waals surface area contributed by atoms with E-state index < -0.39 is 6.04 Å². The molecule has 0 aliphatic rings. The zero-order chi connectivity index (χ0) is 12.1. The highest BCUT2D eigenvalue weighted by atomic mass is 35.5. The maximum absolute atomic E-state index is 11.8. The van der Waals surface area contributed by atoms with Gasteiger partial charge in [0.05, 0.1) is 24.5 Å². The third-order valence-electron chi connectivity index (χ3n) is 2.40. The molecule has 0 aliphatic heterocycles. The topological polar surface area (TPSA) is 72.1 Å². The molecule has 0 saturated carbocycles. The largest absolute Gasteiger partial charge is 0.338 e. The number of nitrogens with zero attached hydrogens (tertiary/aromatic N) is 3. The van der Waals surface area contributed by atoms with Crippen LogP contribution in [0.15, 0.2) is 18.6 Å². The van der Waals surface area contributed by atoms with E-state index >= 15 is 0 Å². The minimum atomic E-state index is -0.457. The van der Waals surface area contributed by atoms with Gasteiger partial charge in [0, 0.05) is 19.4 Å². The van der Waals surface area contributed by atoms with Crippen molar-refractivity contribution >= 4 is 30.7 Å². The first-order valence-corrected chi connectivity index (χ1v) is 5.27. The smallest absolute Gasteiger partial charge is 0.239 e. The van der Waals surface area contributed by atoms with Crippen molar-refractivity contribution in [3.05, 3.63) is 24.3 Å². The molecule has 1 heterocycles. The minimum Gasteiger partial charge on any atom is -0.338 e. The normalized spacial score (nSPS) is 11.2. The van der Waals surface area contributed by atoms with Gasteiger partial charge in [-0.25, -0.2) is 0 Å². The lowest BCUT2D eigenvalue weighted by atomic mass is 10.0. The van der Waals surface area contributed by atoms with Crippen LogP contribution in [0.1, 0.15) is 19.5 Å². The average molecular weight is 295 g/mol. The lowest BCUT2D eigenvalue weighted by Crippen LogP contribution is -2.44. The highest BCUT2D eigenvalue weighted by molar-refractivity contribution is 5.85. The van der Waals surface area contributed by atoms with Crippen LogP contribution >= 0.6 is 24.8 Å². The van der Waals surface area contributed by atoms with Gasteiger partial charge < -0.3 is 10.6 Å². The van der Waals surface area contributed by atoms with Crippen molar-refractivity contribution in [1.29, 1.82) is 0 Å². The quantitative estimate of drug-likeness (QED) is 0.907. The van der Waals surface area contributed by atoms with E-state index in [2.05, 4.69) is 9.97 Å². The van der Waals surface area contributed by atoms with Gasteiger partial charge >= 0.3 is 0 Å². The van der Waals surface area contributed by atoms with E-state index in [1.807, 2.05) is 13.8 Å². The number of rotatable bonds is 4. The number of carbonyl (C=O) groups is 1. The van der Waals surface area contributed by atoms with E-state index in [1.165, 1.54) is 0 Å². The van der Waals surface area contributed by atoms with Crippen molar-refractivity contribution in [3.63, 3.8) is 0 Å². The van der Waals surface area contributed by atoms with Crippen LogP contribution in [-0.2, 0) is 11.3 Å². The summed E-state index contributed by atoms with van der Waals surface area (Å²) < 4.78 is 0. The van der Waals surface area contributed by atoms with Gasteiger partial charge in [-0.15, -0.1) is 24.8 Å². The molecule has 1 aromatic rings. The highest BCUT2D eigenvalue weighted by Gasteiger charge is 2.21. The van der Waals surface area contributed by atoms with E-state index in [-0.39, 0.29) is 36.6 Å². The highest BCUT2D eigenvalue weighted by Crippen LogP contribution is 2.04. The molecule has 5 nitrogen and oxygen atoms in total. The molecule has 0 aromatic carbocycles. The second-order valence-electron chi connectivity index (χ2n) is 4.16. The van der Waals surface area contributed by atoms with Crippen molar-refractivity contribution < 1.29 is 4.79 Å². The van der Waals surface area contributed by atoms with Crippen LogP contribution in [0, 0.1) is 5.92 Å².